The van der Waals surface area contributed by atoms with Crippen molar-refractivity contribution in [2.45, 2.75) is 45.1 Å². The van der Waals surface area contributed by atoms with Crippen molar-refractivity contribution in [2.24, 2.45) is 0 Å². The molecule has 0 radical (unpaired) electrons. The van der Waals surface area contributed by atoms with Crippen molar-refractivity contribution in [1.29, 1.82) is 0 Å². The van der Waals surface area contributed by atoms with E-state index in [0.717, 1.165) is 24.1 Å². The van der Waals surface area contributed by atoms with Gasteiger partial charge in [0.1, 0.15) is 0 Å². The Kier molecular flexibility index (Phi) is 4.69. The predicted molar refractivity (Wildman–Crippen MR) is 87.0 cm³/mol. The van der Waals surface area contributed by atoms with Gasteiger partial charge in [0, 0.05) is 12.1 Å². The van der Waals surface area contributed by atoms with Crippen molar-refractivity contribution in [1.82, 2.24) is 5.32 Å². The summed E-state index contributed by atoms with van der Waals surface area (Å²) in [5.41, 5.74) is 3.36. The highest BCUT2D eigenvalue weighted by atomic mass is 15.0. The highest BCUT2D eigenvalue weighted by Gasteiger charge is 2.22. The van der Waals surface area contributed by atoms with E-state index >= 15 is 0 Å². The lowest BCUT2D eigenvalue weighted by atomic mass is 9.91. The molecule has 0 unspecified atom stereocenters. The van der Waals surface area contributed by atoms with Crippen LogP contribution in [0.5, 0.6) is 0 Å². The second-order valence-electron chi connectivity index (χ2n) is 5.77. The predicted octanol–water partition coefficient (Wildman–Crippen LogP) is 4.42. The molecule has 2 aliphatic carbocycles. The van der Waals surface area contributed by atoms with Gasteiger partial charge in [-0.3, -0.25) is 0 Å². The fourth-order valence-electron chi connectivity index (χ4n) is 2.45. The van der Waals surface area contributed by atoms with Crippen LogP contribution >= 0.6 is 0 Å². The molecule has 0 atom stereocenters. The lowest BCUT2D eigenvalue weighted by Crippen LogP contribution is -2.40. The minimum atomic E-state index is -0.109. The summed E-state index contributed by atoms with van der Waals surface area (Å²) in [6, 6.07) is 0. The van der Waals surface area contributed by atoms with E-state index in [4.69, 9.17) is 0 Å². The molecule has 20 heavy (non-hydrogen) atoms. The molecule has 0 aromatic heterocycles. The molecule has 2 aliphatic rings. The quantitative estimate of drug-likeness (QED) is 0.742. The van der Waals surface area contributed by atoms with Crippen LogP contribution < -0.4 is 5.32 Å². The normalized spacial score (nSPS) is 18.1. The van der Waals surface area contributed by atoms with Crippen molar-refractivity contribution >= 4 is 0 Å². The first kappa shape index (κ1) is 14.5. The Hall–Kier alpha value is -1.94. The summed E-state index contributed by atoms with van der Waals surface area (Å²) in [6.07, 6.45) is 17.1. The Labute approximate surface area is 122 Å². The largest absolute Gasteiger partial charge is 0.376 e. The molecule has 0 aromatic rings. The average Bonchev–Trinajstić information content (AvgIpc) is 2.83. The van der Waals surface area contributed by atoms with E-state index in [0.29, 0.717) is 0 Å². The molecule has 1 N–H and O–H groups in total. The number of rotatable bonds is 4. The van der Waals surface area contributed by atoms with Crippen LogP contribution in [0.15, 0.2) is 59.9 Å². The Bertz CT molecular complexity index is 556. The van der Waals surface area contributed by atoms with Gasteiger partial charge in [0.25, 0.3) is 0 Å². The summed E-state index contributed by atoms with van der Waals surface area (Å²) in [4.78, 5) is 0. The second-order valence-corrected chi connectivity index (χ2v) is 5.77. The fraction of sp³-hybridized carbons (Fsp3) is 0.368. The minimum absolute atomic E-state index is 0.109. The first-order chi connectivity index (χ1) is 9.59. The number of allylic oxidation sites excluding steroid dienone is 6. The van der Waals surface area contributed by atoms with E-state index in [2.05, 4.69) is 61.9 Å². The van der Waals surface area contributed by atoms with Gasteiger partial charge < -0.3 is 5.32 Å². The molecule has 0 aliphatic heterocycles. The molecule has 0 saturated carbocycles. The maximum absolute atomic E-state index is 4.19. The molecule has 104 valence electrons. The summed E-state index contributed by atoms with van der Waals surface area (Å²) < 4.78 is 0. The molecule has 0 spiro atoms. The summed E-state index contributed by atoms with van der Waals surface area (Å²) in [7, 11) is 0. The molecule has 0 bridgehead atoms. The van der Waals surface area contributed by atoms with E-state index in [9.17, 15) is 0 Å². The summed E-state index contributed by atoms with van der Waals surface area (Å²) in [5, 5.41) is 3.57. The van der Waals surface area contributed by atoms with Gasteiger partial charge in [-0.2, -0.15) is 0 Å². The van der Waals surface area contributed by atoms with Gasteiger partial charge in [0.15, 0.2) is 0 Å². The maximum atomic E-state index is 4.19. The van der Waals surface area contributed by atoms with Gasteiger partial charge >= 0.3 is 0 Å². The van der Waals surface area contributed by atoms with Crippen LogP contribution in [0.2, 0.25) is 0 Å². The van der Waals surface area contributed by atoms with Crippen LogP contribution in [0, 0.1) is 11.8 Å². The van der Waals surface area contributed by atoms with Crippen molar-refractivity contribution in [3.63, 3.8) is 0 Å². The van der Waals surface area contributed by atoms with Gasteiger partial charge in [-0.15, -0.1) is 0 Å². The Morgan fingerprint density at radius 1 is 1.35 bits per heavy atom. The number of nitrogens with one attached hydrogen (secondary N) is 1. The van der Waals surface area contributed by atoms with Gasteiger partial charge in [-0.1, -0.05) is 48.8 Å². The Balaban J connectivity index is 2.10. The van der Waals surface area contributed by atoms with Gasteiger partial charge in [-0.25, -0.2) is 0 Å². The smallest absolute Gasteiger partial charge is 0.0565 e. The van der Waals surface area contributed by atoms with Crippen LogP contribution in [0.3, 0.4) is 0 Å². The third-order valence-corrected chi connectivity index (χ3v) is 3.67. The molecule has 0 aromatic carbocycles. The molecule has 1 heteroatoms. The highest BCUT2D eigenvalue weighted by Crippen LogP contribution is 2.24. The third kappa shape index (κ3) is 3.78. The van der Waals surface area contributed by atoms with E-state index < -0.39 is 0 Å². The zero-order valence-corrected chi connectivity index (χ0v) is 12.5. The number of hydrogen-bond acceptors (Lipinski definition) is 1. The summed E-state index contributed by atoms with van der Waals surface area (Å²) in [6.45, 7) is 8.60. The van der Waals surface area contributed by atoms with Gasteiger partial charge in [-0.05, 0) is 50.3 Å². The lowest BCUT2D eigenvalue weighted by Gasteiger charge is -2.31. The van der Waals surface area contributed by atoms with E-state index in [-0.39, 0.29) is 5.54 Å². The van der Waals surface area contributed by atoms with E-state index in [1.807, 2.05) is 12.2 Å². The highest BCUT2D eigenvalue weighted by molar-refractivity contribution is 5.41. The molecule has 2 rings (SSSR count). The molecule has 0 saturated heterocycles. The minimum Gasteiger partial charge on any atom is -0.376 e. The van der Waals surface area contributed by atoms with Crippen molar-refractivity contribution in [3.8, 4) is 11.8 Å². The van der Waals surface area contributed by atoms with Crippen molar-refractivity contribution < 1.29 is 0 Å². The number of hydrogen-bond donors (Lipinski definition) is 1. The molecule has 0 heterocycles. The van der Waals surface area contributed by atoms with Crippen LogP contribution in [0.4, 0.5) is 0 Å². The van der Waals surface area contributed by atoms with Crippen molar-refractivity contribution in [3.05, 3.63) is 59.9 Å². The van der Waals surface area contributed by atoms with Gasteiger partial charge in [0.05, 0.1) is 5.54 Å². The third-order valence-electron chi connectivity index (χ3n) is 3.67. The van der Waals surface area contributed by atoms with Crippen LogP contribution in [-0.2, 0) is 0 Å². The zero-order chi connectivity index (χ0) is 14.4. The van der Waals surface area contributed by atoms with Crippen LogP contribution in [0.25, 0.3) is 0 Å². The lowest BCUT2D eigenvalue weighted by molar-refractivity contribution is 0.513. The molecule has 0 amide bonds. The molecule has 0 fully saturated rings. The second kappa shape index (κ2) is 6.48. The first-order valence-corrected chi connectivity index (χ1v) is 7.28. The van der Waals surface area contributed by atoms with Gasteiger partial charge in [0.2, 0.25) is 0 Å². The summed E-state index contributed by atoms with van der Waals surface area (Å²) >= 11 is 0. The first-order valence-electron chi connectivity index (χ1n) is 7.28. The standard InChI is InChI=1S/C19H23N/c1-16(17-12-8-4-5-9-13-17)20-19(2,3)18-14-10-6-7-11-15-18/h4,8,10,12,14-15,20H,1,6-7,11,13H2,2-3H3. The average molecular weight is 265 g/mol. The molecular weight excluding hydrogens is 242 g/mol. The fourth-order valence-corrected chi connectivity index (χ4v) is 2.45. The van der Waals surface area contributed by atoms with Crippen molar-refractivity contribution in [2.75, 3.05) is 0 Å². The Morgan fingerprint density at radius 3 is 3.05 bits per heavy atom. The maximum Gasteiger partial charge on any atom is 0.0565 e. The molecule has 1 nitrogen and oxygen atoms in total. The summed E-state index contributed by atoms with van der Waals surface area (Å²) in [5.74, 6) is 6.11. The van der Waals surface area contributed by atoms with E-state index in [1.165, 1.54) is 18.4 Å². The van der Waals surface area contributed by atoms with E-state index in [1.54, 1.807) is 0 Å². The van der Waals surface area contributed by atoms with Crippen LogP contribution in [0.1, 0.15) is 39.5 Å². The SMILES string of the molecule is C=C(NC(C)(C)C1=CCCCC=C1)C1=CC=CC#CC1. The van der Waals surface area contributed by atoms with Crippen LogP contribution in [-0.4, -0.2) is 5.54 Å². The monoisotopic (exact) mass is 265 g/mol. The molecular formula is C19H23N. The zero-order valence-electron chi connectivity index (χ0n) is 12.5. The topological polar surface area (TPSA) is 12.0 Å². The Morgan fingerprint density at radius 2 is 2.20 bits per heavy atom.